The van der Waals surface area contributed by atoms with E-state index in [-0.39, 0.29) is 5.69 Å². The van der Waals surface area contributed by atoms with Crippen LogP contribution in [0.1, 0.15) is 39.5 Å². The van der Waals surface area contributed by atoms with Gasteiger partial charge in [0.15, 0.2) is 0 Å². The second-order valence-corrected chi connectivity index (χ2v) is 6.34. The second-order valence-electron chi connectivity index (χ2n) is 6.34. The molecule has 0 saturated carbocycles. The molecule has 5 nitrogen and oxygen atoms in total. The maximum Gasteiger partial charge on any atom is 0.331 e. The van der Waals surface area contributed by atoms with Crippen molar-refractivity contribution in [2.75, 3.05) is 13.2 Å². The fraction of sp³-hybridized carbons (Fsp3) is 0.381. The Morgan fingerprint density at radius 3 is 2.15 bits per heavy atom. The maximum atomic E-state index is 12.4. The van der Waals surface area contributed by atoms with Gasteiger partial charge in [-0.2, -0.15) is 0 Å². The molecule has 1 aromatic heterocycles. The fourth-order valence-electron chi connectivity index (χ4n) is 2.79. The largest absolute Gasteiger partial charge is 0.494 e. The Morgan fingerprint density at radius 2 is 1.50 bits per heavy atom. The Bertz CT molecular complexity index is 894. The lowest BCUT2D eigenvalue weighted by molar-refractivity contribution is 0.309. The van der Waals surface area contributed by atoms with E-state index in [0.717, 1.165) is 53.9 Å². The average Bonchev–Trinajstić information content (AvgIpc) is 2.98. The molecule has 0 atom stereocenters. The van der Waals surface area contributed by atoms with Crippen LogP contribution in [0.2, 0.25) is 0 Å². The number of H-pyrrole nitrogens is 1. The molecule has 1 N–H and O–H groups in total. The van der Waals surface area contributed by atoms with Crippen LogP contribution in [0.15, 0.2) is 47.3 Å². The normalized spacial score (nSPS) is 11.0. The summed E-state index contributed by atoms with van der Waals surface area (Å²) >= 11 is 0. The molecule has 0 aliphatic carbocycles. The van der Waals surface area contributed by atoms with E-state index in [0.29, 0.717) is 13.2 Å². The van der Waals surface area contributed by atoms with Gasteiger partial charge in [-0.3, -0.25) is 4.57 Å². The van der Waals surface area contributed by atoms with Crippen LogP contribution in [-0.4, -0.2) is 22.8 Å². The van der Waals surface area contributed by atoms with E-state index in [1.54, 1.807) is 4.57 Å². The zero-order chi connectivity index (χ0) is 18.4. The molecule has 0 saturated heterocycles. The highest BCUT2D eigenvalue weighted by atomic mass is 16.5. The molecule has 0 radical (unpaired) electrons. The minimum atomic E-state index is -0.162. The molecule has 0 fully saturated rings. The van der Waals surface area contributed by atoms with Gasteiger partial charge in [-0.15, -0.1) is 0 Å². The summed E-state index contributed by atoms with van der Waals surface area (Å²) in [6.07, 6.45) is 4.23. The van der Waals surface area contributed by atoms with Gasteiger partial charge in [-0.25, -0.2) is 4.79 Å². The Kier molecular flexibility index (Phi) is 6.00. The first-order valence-electron chi connectivity index (χ1n) is 9.33. The molecule has 0 amide bonds. The molecular weight excluding hydrogens is 328 g/mol. The molecule has 0 aliphatic rings. The highest BCUT2D eigenvalue weighted by Gasteiger charge is 2.10. The second kappa shape index (κ2) is 8.61. The Hall–Kier alpha value is -2.69. The summed E-state index contributed by atoms with van der Waals surface area (Å²) in [5.41, 5.74) is 2.24. The number of aromatic amines is 1. The summed E-state index contributed by atoms with van der Waals surface area (Å²) in [7, 11) is 0. The van der Waals surface area contributed by atoms with Crippen molar-refractivity contribution >= 4 is 11.0 Å². The molecule has 0 bridgehead atoms. The molecule has 5 heteroatoms. The first-order valence-corrected chi connectivity index (χ1v) is 9.33. The van der Waals surface area contributed by atoms with E-state index in [9.17, 15) is 4.79 Å². The number of fused-ring (bicyclic) bond motifs is 1. The average molecular weight is 354 g/mol. The first-order chi connectivity index (χ1) is 12.7. The minimum Gasteiger partial charge on any atom is -0.494 e. The Balaban J connectivity index is 1.87. The van der Waals surface area contributed by atoms with Crippen molar-refractivity contribution in [2.45, 2.75) is 39.5 Å². The zero-order valence-electron chi connectivity index (χ0n) is 15.5. The fourth-order valence-corrected chi connectivity index (χ4v) is 2.79. The smallest absolute Gasteiger partial charge is 0.331 e. The van der Waals surface area contributed by atoms with Gasteiger partial charge in [0, 0.05) is 6.07 Å². The first kappa shape index (κ1) is 18.1. The van der Waals surface area contributed by atoms with Crippen molar-refractivity contribution < 1.29 is 9.47 Å². The van der Waals surface area contributed by atoms with Crippen molar-refractivity contribution in [3.63, 3.8) is 0 Å². The molecule has 3 aromatic rings. The minimum absolute atomic E-state index is 0.162. The number of hydrogen-bond donors (Lipinski definition) is 1. The molecule has 3 rings (SSSR count). The number of aromatic nitrogens is 2. The van der Waals surface area contributed by atoms with Crippen LogP contribution in [0.25, 0.3) is 16.7 Å². The van der Waals surface area contributed by atoms with Crippen LogP contribution >= 0.6 is 0 Å². The van der Waals surface area contributed by atoms with Gasteiger partial charge in [-0.05, 0) is 49.2 Å². The number of unbranched alkanes of at least 4 members (excludes halogenated alkanes) is 2. The Morgan fingerprint density at radius 1 is 0.885 bits per heavy atom. The van der Waals surface area contributed by atoms with Gasteiger partial charge in [0.1, 0.15) is 11.5 Å². The number of benzene rings is 2. The van der Waals surface area contributed by atoms with Gasteiger partial charge in [0.2, 0.25) is 0 Å². The van der Waals surface area contributed by atoms with Crippen molar-refractivity contribution in [1.29, 1.82) is 0 Å². The predicted molar refractivity (Wildman–Crippen MR) is 105 cm³/mol. The quantitative estimate of drug-likeness (QED) is 0.568. The number of nitrogens with zero attached hydrogens (tertiary/aromatic N) is 1. The van der Waals surface area contributed by atoms with Crippen LogP contribution in [0, 0.1) is 0 Å². The van der Waals surface area contributed by atoms with Crippen molar-refractivity contribution in [3.05, 3.63) is 52.9 Å². The topological polar surface area (TPSA) is 56.2 Å². The van der Waals surface area contributed by atoms with E-state index < -0.39 is 0 Å². The highest BCUT2D eigenvalue weighted by Crippen LogP contribution is 2.23. The van der Waals surface area contributed by atoms with Crippen LogP contribution in [0.3, 0.4) is 0 Å². The number of hydrogen-bond acceptors (Lipinski definition) is 3. The number of imidazole rings is 1. The van der Waals surface area contributed by atoms with Crippen LogP contribution in [0.5, 0.6) is 11.5 Å². The zero-order valence-corrected chi connectivity index (χ0v) is 15.5. The van der Waals surface area contributed by atoms with Crippen LogP contribution in [-0.2, 0) is 0 Å². The summed E-state index contributed by atoms with van der Waals surface area (Å²) in [6, 6.07) is 13.3. The summed E-state index contributed by atoms with van der Waals surface area (Å²) in [5.74, 6) is 1.59. The maximum absolute atomic E-state index is 12.4. The third kappa shape index (κ3) is 4.10. The van der Waals surface area contributed by atoms with Gasteiger partial charge in [0.25, 0.3) is 0 Å². The standard InChI is InChI=1S/C21H26N2O3/c1-3-5-13-25-17-9-7-16(8-10-17)23-20-15-18(26-14-6-4-2)11-12-19(20)22-21(23)24/h7-12,15H,3-6,13-14H2,1-2H3,(H,22,24). The van der Waals surface area contributed by atoms with Gasteiger partial charge >= 0.3 is 5.69 Å². The van der Waals surface area contributed by atoms with Crippen molar-refractivity contribution in [2.24, 2.45) is 0 Å². The molecule has 0 spiro atoms. The van der Waals surface area contributed by atoms with E-state index in [1.807, 2.05) is 42.5 Å². The summed E-state index contributed by atoms with van der Waals surface area (Å²) in [5, 5.41) is 0. The monoisotopic (exact) mass is 354 g/mol. The molecule has 138 valence electrons. The van der Waals surface area contributed by atoms with Crippen LogP contribution in [0.4, 0.5) is 0 Å². The van der Waals surface area contributed by atoms with E-state index in [4.69, 9.17) is 9.47 Å². The molecular formula is C21H26N2O3. The highest BCUT2D eigenvalue weighted by molar-refractivity contribution is 5.79. The van der Waals surface area contributed by atoms with E-state index >= 15 is 0 Å². The lowest BCUT2D eigenvalue weighted by atomic mass is 10.2. The van der Waals surface area contributed by atoms with Gasteiger partial charge < -0.3 is 14.5 Å². The summed E-state index contributed by atoms with van der Waals surface area (Å²) < 4.78 is 13.1. The van der Waals surface area contributed by atoms with Crippen molar-refractivity contribution in [1.82, 2.24) is 9.55 Å². The number of nitrogens with one attached hydrogen (secondary N) is 1. The van der Waals surface area contributed by atoms with E-state index in [1.165, 1.54) is 0 Å². The molecule has 0 unspecified atom stereocenters. The van der Waals surface area contributed by atoms with E-state index in [2.05, 4.69) is 18.8 Å². The van der Waals surface area contributed by atoms with Crippen molar-refractivity contribution in [3.8, 4) is 17.2 Å². The SMILES string of the molecule is CCCCOc1ccc(-n2c(=O)[nH]c3ccc(OCCCC)cc32)cc1. The molecule has 1 heterocycles. The predicted octanol–water partition coefficient (Wildman–Crippen LogP) is 4.68. The molecule has 26 heavy (non-hydrogen) atoms. The van der Waals surface area contributed by atoms with Crippen LogP contribution < -0.4 is 15.2 Å². The van der Waals surface area contributed by atoms with Gasteiger partial charge in [-0.1, -0.05) is 26.7 Å². The lowest BCUT2D eigenvalue weighted by Crippen LogP contribution is -2.14. The third-order valence-corrected chi connectivity index (χ3v) is 4.28. The third-order valence-electron chi connectivity index (χ3n) is 4.28. The molecule has 2 aromatic carbocycles. The summed E-state index contributed by atoms with van der Waals surface area (Å²) in [6.45, 7) is 5.66. The lowest BCUT2D eigenvalue weighted by Gasteiger charge is -2.09. The number of rotatable bonds is 9. The van der Waals surface area contributed by atoms with Gasteiger partial charge in [0.05, 0.1) is 29.9 Å². The Labute approximate surface area is 153 Å². The summed E-state index contributed by atoms with van der Waals surface area (Å²) in [4.78, 5) is 15.3. The molecule has 0 aliphatic heterocycles. The number of ether oxygens (including phenoxy) is 2.